The van der Waals surface area contributed by atoms with Gasteiger partial charge < -0.3 is 16.0 Å². The molecule has 3 N–H and O–H groups in total. The van der Waals surface area contributed by atoms with Crippen LogP contribution in [0, 0.1) is 11.8 Å². The van der Waals surface area contributed by atoms with Gasteiger partial charge in [-0.15, -0.1) is 0 Å². The number of hydrogen-bond donors (Lipinski definition) is 2. The van der Waals surface area contributed by atoms with E-state index in [-0.39, 0.29) is 17.9 Å². The summed E-state index contributed by atoms with van der Waals surface area (Å²) < 4.78 is 0. The van der Waals surface area contributed by atoms with Gasteiger partial charge in [-0.05, 0) is 18.6 Å². The normalized spacial score (nSPS) is 17.0. The van der Waals surface area contributed by atoms with Crippen LogP contribution in [0.4, 0.5) is 0 Å². The Morgan fingerprint density at radius 2 is 2.33 bits per heavy atom. The van der Waals surface area contributed by atoms with Crippen LogP contribution >= 0.6 is 0 Å². The predicted octanol–water partition coefficient (Wildman–Crippen LogP) is -0.258. The zero-order chi connectivity index (χ0) is 15.2. The lowest BCUT2D eigenvalue weighted by Gasteiger charge is -2.16. The molecule has 2 rings (SSSR count). The number of carbonyl (C=O) groups is 2. The van der Waals surface area contributed by atoms with Gasteiger partial charge in [-0.25, -0.2) is 4.98 Å². The third-order valence-electron chi connectivity index (χ3n) is 3.20. The van der Waals surface area contributed by atoms with Crippen LogP contribution in [0.1, 0.15) is 29.4 Å². The van der Waals surface area contributed by atoms with Crippen LogP contribution < -0.4 is 11.1 Å². The van der Waals surface area contributed by atoms with E-state index in [1.807, 2.05) is 0 Å². The smallest absolute Gasteiger partial charge is 0.272 e. The molecule has 2 amide bonds. The summed E-state index contributed by atoms with van der Waals surface area (Å²) in [5.41, 5.74) is 6.42. The van der Waals surface area contributed by atoms with Gasteiger partial charge in [0, 0.05) is 37.8 Å². The molecule has 1 saturated heterocycles. The fourth-order valence-electron chi connectivity index (χ4n) is 2.26. The third kappa shape index (κ3) is 4.04. The molecule has 1 atom stereocenters. The Hall–Kier alpha value is -2.39. The van der Waals surface area contributed by atoms with Crippen molar-refractivity contribution in [1.82, 2.24) is 15.2 Å². The highest BCUT2D eigenvalue weighted by Crippen LogP contribution is 2.13. The summed E-state index contributed by atoms with van der Waals surface area (Å²) in [6.07, 6.45) is 2.34. The molecule has 1 aliphatic heterocycles. The maximum Gasteiger partial charge on any atom is 0.272 e. The Labute approximate surface area is 123 Å². The van der Waals surface area contributed by atoms with Crippen LogP contribution in [0.15, 0.2) is 18.3 Å². The first-order valence-electron chi connectivity index (χ1n) is 6.81. The van der Waals surface area contributed by atoms with Gasteiger partial charge in [-0.3, -0.25) is 9.59 Å². The van der Waals surface area contributed by atoms with Gasteiger partial charge in [0.05, 0.1) is 6.54 Å². The van der Waals surface area contributed by atoms with E-state index in [4.69, 9.17) is 5.73 Å². The number of likely N-dealkylation sites (tertiary alicyclic amines) is 1. The van der Waals surface area contributed by atoms with E-state index in [0.717, 1.165) is 12.0 Å². The largest absolute Gasteiger partial charge is 0.352 e. The van der Waals surface area contributed by atoms with E-state index < -0.39 is 0 Å². The molecule has 1 fully saturated rings. The topological polar surface area (TPSA) is 88.3 Å². The number of pyridine rings is 1. The van der Waals surface area contributed by atoms with Gasteiger partial charge in [0.1, 0.15) is 5.69 Å². The summed E-state index contributed by atoms with van der Waals surface area (Å²) in [6.45, 7) is 2.92. The first kappa shape index (κ1) is 15.0. The van der Waals surface area contributed by atoms with Gasteiger partial charge in [0.25, 0.3) is 5.91 Å². The standard InChI is InChI=1S/C15H18N4O2/c1-11(20)18-13-6-8-19(10-13)15(21)14-5-4-12(9-17-14)3-2-7-16/h4-5,9,13H,6-8,10,16H2,1H3,(H,18,20). The third-order valence-corrected chi connectivity index (χ3v) is 3.20. The highest BCUT2D eigenvalue weighted by molar-refractivity contribution is 5.92. The Bertz CT molecular complexity index is 586. The Morgan fingerprint density at radius 1 is 1.52 bits per heavy atom. The molecule has 0 bridgehead atoms. The summed E-state index contributed by atoms with van der Waals surface area (Å²) in [4.78, 5) is 29.2. The molecule has 6 nitrogen and oxygen atoms in total. The molecule has 0 saturated carbocycles. The minimum atomic E-state index is -0.124. The molecule has 1 aromatic heterocycles. The zero-order valence-corrected chi connectivity index (χ0v) is 11.9. The molecule has 2 heterocycles. The molecule has 6 heteroatoms. The number of carbonyl (C=O) groups excluding carboxylic acids is 2. The van der Waals surface area contributed by atoms with Crippen molar-refractivity contribution in [2.45, 2.75) is 19.4 Å². The Morgan fingerprint density at radius 3 is 2.95 bits per heavy atom. The van der Waals surface area contributed by atoms with Gasteiger partial charge in [0.2, 0.25) is 5.91 Å². The van der Waals surface area contributed by atoms with Crippen LogP contribution in [0.3, 0.4) is 0 Å². The van der Waals surface area contributed by atoms with Crippen molar-refractivity contribution in [2.24, 2.45) is 5.73 Å². The number of nitrogens with one attached hydrogen (secondary N) is 1. The summed E-state index contributed by atoms with van der Waals surface area (Å²) in [5, 5.41) is 2.83. The molecule has 110 valence electrons. The highest BCUT2D eigenvalue weighted by atomic mass is 16.2. The maximum absolute atomic E-state index is 12.3. The van der Waals surface area contributed by atoms with Crippen LogP contribution in [-0.2, 0) is 4.79 Å². The number of amides is 2. The fourth-order valence-corrected chi connectivity index (χ4v) is 2.26. The van der Waals surface area contributed by atoms with Crippen molar-refractivity contribution < 1.29 is 9.59 Å². The number of aromatic nitrogens is 1. The van der Waals surface area contributed by atoms with Crippen molar-refractivity contribution in [3.63, 3.8) is 0 Å². The molecule has 0 radical (unpaired) electrons. The fraction of sp³-hybridized carbons (Fsp3) is 0.400. The maximum atomic E-state index is 12.3. The summed E-state index contributed by atoms with van der Waals surface area (Å²) in [7, 11) is 0. The van der Waals surface area contributed by atoms with E-state index >= 15 is 0 Å². The molecule has 1 unspecified atom stereocenters. The zero-order valence-electron chi connectivity index (χ0n) is 11.9. The van der Waals surface area contributed by atoms with E-state index in [9.17, 15) is 9.59 Å². The van der Waals surface area contributed by atoms with Crippen molar-refractivity contribution in [3.05, 3.63) is 29.6 Å². The first-order valence-corrected chi connectivity index (χ1v) is 6.81. The monoisotopic (exact) mass is 286 g/mol. The van der Waals surface area contributed by atoms with Crippen LogP contribution in [0.25, 0.3) is 0 Å². The number of hydrogen-bond acceptors (Lipinski definition) is 4. The summed E-state index contributed by atoms with van der Waals surface area (Å²) >= 11 is 0. The molecule has 1 aromatic rings. The summed E-state index contributed by atoms with van der Waals surface area (Å²) in [6, 6.07) is 3.44. The number of rotatable bonds is 2. The van der Waals surface area contributed by atoms with Crippen molar-refractivity contribution in [1.29, 1.82) is 0 Å². The second-order valence-corrected chi connectivity index (χ2v) is 4.88. The SMILES string of the molecule is CC(=O)NC1CCN(C(=O)c2ccc(C#CCN)cn2)C1. The van der Waals surface area contributed by atoms with Crippen molar-refractivity contribution >= 4 is 11.8 Å². The second kappa shape index (κ2) is 6.86. The lowest BCUT2D eigenvalue weighted by atomic mass is 10.2. The Kier molecular flexibility index (Phi) is 4.90. The van der Waals surface area contributed by atoms with Crippen LogP contribution in [0.5, 0.6) is 0 Å². The minimum Gasteiger partial charge on any atom is -0.352 e. The molecule has 0 spiro atoms. The van der Waals surface area contributed by atoms with Crippen molar-refractivity contribution in [2.75, 3.05) is 19.6 Å². The van der Waals surface area contributed by atoms with Gasteiger partial charge in [-0.1, -0.05) is 11.8 Å². The number of nitrogens with zero attached hydrogens (tertiary/aromatic N) is 2. The Balaban J connectivity index is 1.99. The average molecular weight is 286 g/mol. The second-order valence-electron chi connectivity index (χ2n) is 4.88. The van der Waals surface area contributed by atoms with Gasteiger partial charge >= 0.3 is 0 Å². The molecule has 0 aromatic carbocycles. The van der Waals surface area contributed by atoms with Gasteiger partial charge in [0.15, 0.2) is 0 Å². The van der Waals surface area contributed by atoms with Gasteiger partial charge in [-0.2, -0.15) is 0 Å². The lowest BCUT2D eigenvalue weighted by molar-refractivity contribution is -0.119. The van der Waals surface area contributed by atoms with E-state index in [1.54, 1.807) is 23.2 Å². The van der Waals surface area contributed by atoms with E-state index in [1.165, 1.54) is 6.92 Å². The highest BCUT2D eigenvalue weighted by Gasteiger charge is 2.27. The molecule has 1 aliphatic rings. The molecule has 0 aliphatic carbocycles. The molecule has 21 heavy (non-hydrogen) atoms. The minimum absolute atomic E-state index is 0.0288. The molecular formula is C15H18N4O2. The lowest BCUT2D eigenvalue weighted by Crippen LogP contribution is -2.37. The summed E-state index contributed by atoms with van der Waals surface area (Å²) in [5.74, 6) is 5.40. The molecular weight excluding hydrogens is 268 g/mol. The average Bonchev–Trinajstić information content (AvgIpc) is 2.92. The van der Waals surface area contributed by atoms with Crippen LogP contribution in [-0.4, -0.2) is 47.4 Å². The first-order chi connectivity index (χ1) is 10.1. The number of nitrogens with two attached hydrogens (primary N) is 1. The van der Waals surface area contributed by atoms with Crippen molar-refractivity contribution in [3.8, 4) is 11.8 Å². The van der Waals surface area contributed by atoms with E-state index in [2.05, 4.69) is 22.1 Å². The van der Waals surface area contributed by atoms with Crippen LogP contribution in [0.2, 0.25) is 0 Å². The quantitative estimate of drug-likeness (QED) is 0.733. The predicted molar refractivity (Wildman–Crippen MR) is 78.3 cm³/mol. The van der Waals surface area contributed by atoms with E-state index in [0.29, 0.717) is 25.3 Å².